The van der Waals surface area contributed by atoms with Gasteiger partial charge in [-0.2, -0.15) is 5.10 Å². The number of aromatic nitrogens is 5. The van der Waals surface area contributed by atoms with Crippen LogP contribution in [0.25, 0.3) is 11.3 Å². The van der Waals surface area contributed by atoms with Gasteiger partial charge in [0.05, 0.1) is 30.1 Å². The van der Waals surface area contributed by atoms with Crippen molar-refractivity contribution in [1.82, 2.24) is 35.4 Å². The van der Waals surface area contributed by atoms with Crippen molar-refractivity contribution in [2.45, 2.75) is 45.1 Å². The first-order valence-electron chi connectivity index (χ1n) is 12.1. The minimum atomic E-state index is -0.178. The van der Waals surface area contributed by atoms with Crippen molar-refractivity contribution >= 4 is 23.4 Å². The lowest BCUT2D eigenvalue weighted by Crippen LogP contribution is -2.44. The Balaban J connectivity index is 1.19. The number of ether oxygens (including phenoxy) is 1. The molecule has 0 aromatic carbocycles. The summed E-state index contributed by atoms with van der Waals surface area (Å²) in [7, 11) is 1.52. The number of likely N-dealkylation sites (tertiary alicyclic amines) is 1. The minimum Gasteiger partial charge on any atom is -0.481 e. The molecule has 0 radical (unpaired) electrons. The largest absolute Gasteiger partial charge is 0.481 e. The molecule has 1 unspecified atom stereocenters. The highest BCUT2D eigenvalue weighted by Gasteiger charge is 2.31. The topological polar surface area (TPSA) is 126 Å². The van der Waals surface area contributed by atoms with Gasteiger partial charge < -0.3 is 15.0 Å². The van der Waals surface area contributed by atoms with E-state index < -0.39 is 0 Å². The zero-order valence-electron chi connectivity index (χ0n) is 20.3. The summed E-state index contributed by atoms with van der Waals surface area (Å²) < 4.78 is 5.16. The van der Waals surface area contributed by atoms with Gasteiger partial charge in [0.1, 0.15) is 5.82 Å². The van der Waals surface area contributed by atoms with Gasteiger partial charge in [-0.1, -0.05) is 11.6 Å². The maximum atomic E-state index is 13.1. The SMILES string of the molecule is COc1cc(-c2cc(C(=O)N3CCC(C(=O)NC4CCCc5nc(C)ncc54)CC3)n[nH]2)c(Cl)cn1. The zero-order chi connectivity index (χ0) is 25.2. The van der Waals surface area contributed by atoms with Crippen LogP contribution in [-0.4, -0.2) is 62.1 Å². The number of aromatic amines is 1. The van der Waals surface area contributed by atoms with E-state index >= 15 is 0 Å². The first-order chi connectivity index (χ1) is 17.4. The van der Waals surface area contributed by atoms with E-state index in [9.17, 15) is 9.59 Å². The number of pyridine rings is 1. The van der Waals surface area contributed by atoms with Crippen LogP contribution >= 0.6 is 11.6 Å². The fourth-order valence-corrected chi connectivity index (χ4v) is 5.10. The molecule has 1 atom stereocenters. The van der Waals surface area contributed by atoms with Crippen molar-refractivity contribution in [3.63, 3.8) is 0 Å². The normalized spacial score (nSPS) is 18.0. The highest BCUT2D eigenvalue weighted by molar-refractivity contribution is 6.33. The van der Waals surface area contributed by atoms with Crippen LogP contribution < -0.4 is 10.1 Å². The molecule has 1 fully saturated rings. The van der Waals surface area contributed by atoms with Gasteiger partial charge in [-0.25, -0.2) is 15.0 Å². The molecular weight excluding hydrogens is 482 g/mol. The fourth-order valence-electron chi connectivity index (χ4n) is 4.90. The number of piperidine rings is 1. The molecule has 36 heavy (non-hydrogen) atoms. The smallest absolute Gasteiger partial charge is 0.274 e. The number of fused-ring (bicyclic) bond motifs is 1. The van der Waals surface area contributed by atoms with E-state index in [1.54, 1.807) is 17.0 Å². The summed E-state index contributed by atoms with van der Waals surface area (Å²) >= 11 is 6.27. The van der Waals surface area contributed by atoms with Crippen molar-refractivity contribution in [3.8, 4) is 17.1 Å². The Hall–Kier alpha value is -3.53. The molecule has 1 aliphatic heterocycles. The quantitative estimate of drug-likeness (QED) is 0.540. The van der Waals surface area contributed by atoms with E-state index in [1.165, 1.54) is 13.3 Å². The first-order valence-corrected chi connectivity index (χ1v) is 12.5. The van der Waals surface area contributed by atoms with Gasteiger partial charge in [0, 0.05) is 48.1 Å². The monoisotopic (exact) mass is 509 g/mol. The van der Waals surface area contributed by atoms with Crippen LogP contribution in [0, 0.1) is 12.8 Å². The fraction of sp³-hybridized carbons (Fsp3) is 0.440. The maximum Gasteiger partial charge on any atom is 0.274 e. The van der Waals surface area contributed by atoms with Crippen LogP contribution in [0.3, 0.4) is 0 Å². The van der Waals surface area contributed by atoms with Gasteiger partial charge in [-0.3, -0.25) is 14.7 Å². The van der Waals surface area contributed by atoms with E-state index in [0.717, 1.165) is 36.3 Å². The molecule has 2 amide bonds. The summed E-state index contributed by atoms with van der Waals surface area (Å²) in [4.78, 5) is 40.8. The van der Waals surface area contributed by atoms with Gasteiger partial charge in [-0.15, -0.1) is 0 Å². The van der Waals surface area contributed by atoms with Crippen LogP contribution in [0.4, 0.5) is 0 Å². The number of aryl methyl sites for hydroxylation is 2. The third-order valence-corrected chi connectivity index (χ3v) is 7.20. The van der Waals surface area contributed by atoms with E-state index in [4.69, 9.17) is 16.3 Å². The van der Waals surface area contributed by atoms with Crippen LogP contribution in [0.2, 0.25) is 5.02 Å². The highest BCUT2D eigenvalue weighted by atomic mass is 35.5. The lowest BCUT2D eigenvalue weighted by molar-refractivity contribution is -0.127. The molecule has 0 spiro atoms. The predicted octanol–water partition coefficient (Wildman–Crippen LogP) is 3.28. The molecule has 3 aromatic heterocycles. The lowest BCUT2D eigenvalue weighted by Gasteiger charge is -2.32. The minimum absolute atomic E-state index is 0.0313. The van der Waals surface area contributed by atoms with Crippen molar-refractivity contribution in [2.24, 2.45) is 5.92 Å². The van der Waals surface area contributed by atoms with Crippen molar-refractivity contribution in [3.05, 3.63) is 52.3 Å². The molecule has 0 bridgehead atoms. The number of rotatable bonds is 5. The molecule has 5 rings (SSSR count). The summed E-state index contributed by atoms with van der Waals surface area (Å²) in [5.41, 5.74) is 3.60. The molecular formula is C25H28ClN7O3. The van der Waals surface area contributed by atoms with Crippen molar-refractivity contribution in [1.29, 1.82) is 0 Å². The number of carbonyl (C=O) groups is 2. The molecule has 3 aromatic rings. The van der Waals surface area contributed by atoms with E-state index in [-0.39, 0.29) is 23.8 Å². The summed E-state index contributed by atoms with van der Waals surface area (Å²) in [6, 6.07) is 3.31. The van der Waals surface area contributed by atoms with E-state index in [1.807, 2.05) is 13.1 Å². The van der Waals surface area contributed by atoms with Gasteiger partial charge >= 0.3 is 0 Å². The van der Waals surface area contributed by atoms with Gasteiger partial charge in [-0.05, 0) is 45.1 Å². The average molecular weight is 510 g/mol. The Morgan fingerprint density at radius 1 is 1.17 bits per heavy atom. The van der Waals surface area contributed by atoms with E-state index in [2.05, 4.69) is 30.5 Å². The Bertz CT molecular complexity index is 1290. The van der Waals surface area contributed by atoms with Crippen LogP contribution in [0.5, 0.6) is 5.88 Å². The Morgan fingerprint density at radius 2 is 1.97 bits per heavy atom. The Morgan fingerprint density at radius 3 is 2.75 bits per heavy atom. The van der Waals surface area contributed by atoms with Crippen LogP contribution in [-0.2, 0) is 11.2 Å². The molecule has 188 valence electrons. The maximum absolute atomic E-state index is 13.1. The molecule has 11 heteroatoms. The molecule has 2 N–H and O–H groups in total. The number of amides is 2. The molecule has 2 aliphatic rings. The summed E-state index contributed by atoms with van der Waals surface area (Å²) in [6.07, 6.45) is 7.34. The third kappa shape index (κ3) is 4.90. The van der Waals surface area contributed by atoms with Gasteiger partial charge in [0.2, 0.25) is 11.8 Å². The number of hydrogen-bond donors (Lipinski definition) is 2. The summed E-state index contributed by atoms with van der Waals surface area (Å²) in [6.45, 7) is 2.87. The first kappa shape index (κ1) is 24.2. The number of carbonyl (C=O) groups excluding carboxylic acids is 2. The lowest BCUT2D eigenvalue weighted by atomic mass is 9.90. The Kier molecular flexibility index (Phi) is 6.86. The van der Waals surface area contributed by atoms with Gasteiger partial charge in [0.15, 0.2) is 5.69 Å². The second-order valence-corrected chi connectivity index (χ2v) is 9.62. The number of nitrogens with zero attached hydrogens (tertiary/aromatic N) is 5. The molecule has 1 aliphatic carbocycles. The molecule has 0 saturated carbocycles. The van der Waals surface area contributed by atoms with Crippen molar-refractivity contribution < 1.29 is 14.3 Å². The number of H-pyrrole nitrogens is 1. The number of nitrogens with one attached hydrogen (secondary N) is 2. The standard InChI is InChI=1S/C25H28ClN7O3/c1-14-27-12-17-19(29-14)4-3-5-20(17)30-24(34)15-6-8-33(9-7-15)25(35)22-11-21(31-32-22)16-10-23(36-2)28-13-18(16)26/h10-13,15,20H,3-9H2,1-2H3,(H,30,34)(H,31,32). The predicted molar refractivity (Wildman–Crippen MR) is 133 cm³/mol. The number of halogens is 1. The second kappa shape index (κ2) is 10.2. The van der Waals surface area contributed by atoms with E-state index in [0.29, 0.717) is 53.8 Å². The molecule has 4 heterocycles. The zero-order valence-corrected chi connectivity index (χ0v) is 21.0. The van der Waals surface area contributed by atoms with Crippen LogP contribution in [0.15, 0.2) is 24.5 Å². The summed E-state index contributed by atoms with van der Waals surface area (Å²) in [5, 5.41) is 10.7. The second-order valence-electron chi connectivity index (χ2n) is 9.21. The number of hydrogen-bond acceptors (Lipinski definition) is 7. The number of methoxy groups -OCH3 is 1. The molecule has 10 nitrogen and oxygen atoms in total. The highest BCUT2D eigenvalue weighted by Crippen LogP contribution is 2.31. The molecule has 1 saturated heterocycles. The van der Waals surface area contributed by atoms with Crippen molar-refractivity contribution in [2.75, 3.05) is 20.2 Å². The van der Waals surface area contributed by atoms with Gasteiger partial charge in [0.25, 0.3) is 5.91 Å². The van der Waals surface area contributed by atoms with Crippen LogP contribution in [0.1, 0.15) is 59.3 Å². The average Bonchev–Trinajstić information content (AvgIpc) is 3.38. The summed E-state index contributed by atoms with van der Waals surface area (Å²) in [5.74, 6) is 0.886. The third-order valence-electron chi connectivity index (χ3n) is 6.90. The Labute approximate surface area is 213 Å².